The van der Waals surface area contributed by atoms with E-state index < -0.39 is 0 Å². The van der Waals surface area contributed by atoms with E-state index in [0.717, 1.165) is 25.1 Å². The van der Waals surface area contributed by atoms with Gasteiger partial charge in [0.05, 0.1) is 0 Å². The van der Waals surface area contributed by atoms with E-state index in [1.54, 1.807) is 12.3 Å². The molecule has 0 atom stereocenters. The molecular formula is C13H15ClFN3. The molecule has 96 valence electrons. The first kappa shape index (κ1) is 13.1. The second-order valence-electron chi connectivity index (χ2n) is 4.04. The van der Waals surface area contributed by atoms with E-state index in [9.17, 15) is 4.39 Å². The summed E-state index contributed by atoms with van der Waals surface area (Å²) in [5.74, 6) is -0.257. The van der Waals surface area contributed by atoms with Crippen molar-refractivity contribution in [2.24, 2.45) is 0 Å². The maximum atomic E-state index is 13.0. The van der Waals surface area contributed by atoms with E-state index in [0.29, 0.717) is 11.6 Å². The Hall–Kier alpha value is -1.39. The molecule has 1 aromatic heterocycles. The molecule has 3 nitrogen and oxygen atoms in total. The number of aryl methyl sites for hydroxylation is 1. The zero-order valence-corrected chi connectivity index (χ0v) is 10.7. The largest absolute Gasteiger partial charge is 0.313 e. The summed E-state index contributed by atoms with van der Waals surface area (Å²) in [5, 5.41) is 7.95. The van der Waals surface area contributed by atoms with Crippen molar-refractivity contribution in [3.05, 3.63) is 53.1 Å². The van der Waals surface area contributed by atoms with Crippen molar-refractivity contribution in [1.29, 1.82) is 0 Å². The first-order chi connectivity index (χ1) is 8.75. The Bertz CT molecular complexity index is 485. The molecular weight excluding hydrogens is 253 g/mol. The van der Waals surface area contributed by atoms with Crippen molar-refractivity contribution in [2.45, 2.75) is 19.5 Å². The van der Waals surface area contributed by atoms with E-state index >= 15 is 0 Å². The highest BCUT2D eigenvalue weighted by molar-refractivity contribution is 6.31. The molecule has 0 aliphatic heterocycles. The molecule has 0 aliphatic carbocycles. The minimum absolute atomic E-state index is 0.257. The van der Waals surface area contributed by atoms with Crippen LogP contribution in [-0.2, 0) is 13.1 Å². The van der Waals surface area contributed by atoms with Gasteiger partial charge in [0.2, 0.25) is 0 Å². The standard InChI is InChI=1S/C13H15ClFN3/c14-13-4-3-12(15)9-11(13)10-16-5-1-7-18-8-2-6-17-18/h2-4,6,8-9,16H,1,5,7,10H2. The SMILES string of the molecule is Fc1ccc(Cl)c(CNCCCn2cccn2)c1. The summed E-state index contributed by atoms with van der Waals surface area (Å²) in [7, 11) is 0. The van der Waals surface area contributed by atoms with Gasteiger partial charge in [0.1, 0.15) is 5.82 Å². The molecule has 0 fully saturated rings. The second kappa shape index (κ2) is 6.52. The predicted octanol–water partition coefficient (Wildman–Crippen LogP) is 2.86. The molecule has 0 aliphatic rings. The molecule has 0 amide bonds. The Labute approximate surface area is 111 Å². The van der Waals surface area contributed by atoms with Gasteiger partial charge in [-0.05, 0) is 42.8 Å². The summed E-state index contributed by atoms with van der Waals surface area (Å²) in [4.78, 5) is 0. The van der Waals surface area contributed by atoms with Crippen molar-refractivity contribution < 1.29 is 4.39 Å². The molecule has 0 spiro atoms. The average Bonchev–Trinajstić information content (AvgIpc) is 2.86. The number of hydrogen-bond donors (Lipinski definition) is 1. The highest BCUT2D eigenvalue weighted by atomic mass is 35.5. The molecule has 1 heterocycles. The van der Waals surface area contributed by atoms with E-state index in [1.165, 1.54) is 12.1 Å². The number of hydrogen-bond acceptors (Lipinski definition) is 2. The Morgan fingerprint density at radius 2 is 2.28 bits per heavy atom. The zero-order chi connectivity index (χ0) is 12.8. The molecule has 0 bridgehead atoms. The summed E-state index contributed by atoms with van der Waals surface area (Å²) in [6, 6.07) is 6.31. The number of nitrogens with zero attached hydrogens (tertiary/aromatic N) is 2. The van der Waals surface area contributed by atoms with Crippen LogP contribution in [-0.4, -0.2) is 16.3 Å². The van der Waals surface area contributed by atoms with Gasteiger partial charge >= 0.3 is 0 Å². The van der Waals surface area contributed by atoms with Crippen LogP contribution in [0.15, 0.2) is 36.7 Å². The number of rotatable bonds is 6. The van der Waals surface area contributed by atoms with Gasteiger partial charge in [0.15, 0.2) is 0 Å². The number of aromatic nitrogens is 2. The lowest BCUT2D eigenvalue weighted by molar-refractivity contribution is 0.542. The molecule has 0 saturated heterocycles. The number of halogens is 2. The van der Waals surface area contributed by atoms with Crippen molar-refractivity contribution in [2.75, 3.05) is 6.54 Å². The van der Waals surface area contributed by atoms with Crippen LogP contribution in [0.25, 0.3) is 0 Å². The van der Waals surface area contributed by atoms with Crippen LogP contribution in [0.5, 0.6) is 0 Å². The lowest BCUT2D eigenvalue weighted by atomic mass is 10.2. The van der Waals surface area contributed by atoms with Crippen molar-refractivity contribution in [1.82, 2.24) is 15.1 Å². The summed E-state index contributed by atoms with van der Waals surface area (Å²) >= 11 is 5.97. The third-order valence-electron chi connectivity index (χ3n) is 2.62. The summed E-state index contributed by atoms with van der Waals surface area (Å²) < 4.78 is 14.9. The highest BCUT2D eigenvalue weighted by Gasteiger charge is 2.01. The lowest BCUT2D eigenvalue weighted by Crippen LogP contribution is -2.17. The van der Waals surface area contributed by atoms with E-state index in [4.69, 9.17) is 11.6 Å². The average molecular weight is 268 g/mol. The maximum Gasteiger partial charge on any atom is 0.123 e. The van der Waals surface area contributed by atoms with Crippen LogP contribution in [0.2, 0.25) is 5.02 Å². The van der Waals surface area contributed by atoms with Gasteiger partial charge in [0.25, 0.3) is 0 Å². The lowest BCUT2D eigenvalue weighted by Gasteiger charge is -2.07. The van der Waals surface area contributed by atoms with Gasteiger partial charge < -0.3 is 5.32 Å². The van der Waals surface area contributed by atoms with Gasteiger partial charge in [-0.3, -0.25) is 4.68 Å². The van der Waals surface area contributed by atoms with Crippen molar-refractivity contribution >= 4 is 11.6 Å². The molecule has 2 rings (SSSR count). The van der Waals surface area contributed by atoms with Gasteiger partial charge in [0, 0.05) is 30.5 Å². The van der Waals surface area contributed by atoms with Gasteiger partial charge in [-0.1, -0.05) is 11.6 Å². The van der Waals surface area contributed by atoms with Gasteiger partial charge in [-0.2, -0.15) is 5.10 Å². The number of benzene rings is 1. The summed E-state index contributed by atoms with van der Waals surface area (Å²) in [5.41, 5.74) is 0.788. The van der Waals surface area contributed by atoms with E-state index in [2.05, 4.69) is 10.4 Å². The van der Waals surface area contributed by atoms with Crippen LogP contribution < -0.4 is 5.32 Å². The Kier molecular flexibility index (Phi) is 4.73. The molecule has 5 heteroatoms. The smallest absolute Gasteiger partial charge is 0.123 e. The van der Waals surface area contributed by atoms with Crippen molar-refractivity contribution in [3.63, 3.8) is 0 Å². The van der Waals surface area contributed by atoms with Crippen LogP contribution in [0.1, 0.15) is 12.0 Å². The molecule has 0 unspecified atom stereocenters. The molecule has 1 aromatic carbocycles. The molecule has 18 heavy (non-hydrogen) atoms. The quantitative estimate of drug-likeness (QED) is 0.816. The highest BCUT2D eigenvalue weighted by Crippen LogP contribution is 2.16. The molecule has 0 radical (unpaired) electrons. The third kappa shape index (κ3) is 3.82. The van der Waals surface area contributed by atoms with Gasteiger partial charge in [-0.25, -0.2) is 4.39 Å². The maximum absolute atomic E-state index is 13.0. The summed E-state index contributed by atoms with van der Waals surface area (Å²) in [6.07, 6.45) is 4.66. The molecule has 1 N–H and O–H groups in total. The van der Waals surface area contributed by atoms with E-state index in [1.807, 2.05) is 16.9 Å². The molecule has 0 saturated carbocycles. The van der Waals surface area contributed by atoms with Gasteiger partial charge in [-0.15, -0.1) is 0 Å². The molecule has 2 aromatic rings. The fourth-order valence-electron chi connectivity index (χ4n) is 1.70. The van der Waals surface area contributed by atoms with Crippen molar-refractivity contribution in [3.8, 4) is 0 Å². The van der Waals surface area contributed by atoms with Crippen LogP contribution >= 0.6 is 11.6 Å². The minimum Gasteiger partial charge on any atom is -0.313 e. The first-order valence-electron chi connectivity index (χ1n) is 5.88. The monoisotopic (exact) mass is 267 g/mol. The summed E-state index contributed by atoms with van der Waals surface area (Å²) in [6.45, 7) is 2.29. The number of nitrogens with one attached hydrogen (secondary N) is 1. The van der Waals surface area contributed by atoms with E-state index in [-0.39, 0.29) is 5.82 Å². The minimum atomic E-state index is -0.257. The van der Waals surface area contributed by atoms with Crippen LogP contribution in [0.3, 0.4) is 0 Å². The fourth-order valence-corrected chi connectivity index (χ4v) is 1.88. The Morgan fingerprint density at radius 1 is 1.39 bits per heavy atom. The Morgan fingerprint density at radius 3 is 3.06 bits per heavy atom. The van der Waals surface area contributed by atoms with Crippen LogP contribution in [0, 0.1) is 5.82 Å². The fraction of sp³-hybridized carbons (Fsp3) is 0.308. The second-order valence-corrected chi connectivity index (χ2v) is 4.44. The van der Waals surface area contributed by atoms with Crippen LogP contribution in [0.4, 0.5) is 4.39 Å². The predicted molar refractivity (Wildman–Crippen MR) is 70.0 cm³/mol. The normalized spacial score (nSPS) is 10.8. The zero-order valence-electron chi connectivity index (χ0n) is 9.94. The Balaban J connectivity index is 1.70. The topological polar surface area (TPSA) is 29.9 Å². The third-order valence-corrected chi connectivity index (χ3v) is 2.99. The first-order valence-corrected chi connectivity index (χ1v) is 6.25.